The smallest absolute Gasteiger partial charge is 0.132 e. The topological polar surface area (TPSA) is 35.2 Å². The third-order valence-electron chi connectivity index (χ3n) is 1.77. The first-order valence-electron chi connectivity index (χ1n) is 4.21. The Kier molecular flexibility index (Phi) is 3.99. The van der Waals surface area contributed by atoms with Crippen LogP contribution in [0, 0.1) is 3.57 Å². The van der Waals surface area contributed by atoms with Gasteiger partial charge < -0.3 is 10.5 Å². The monoisotopic (exact) mass is 291 g/mol. The Bertz CT molecular complexity index is 286. The lowest BCUT2D eigenvalue weighted by molar-refractivity contribution is 0.411. The molecule has 3 heteroatoms. The van der Waals surface area contributed by atoms with Crippen LogP contribution in [0.15, 0.2) is 18.2 Å². The largest absolute Gasteiger partial charge is 0.496 e. The Balaban J connectivity index is 2.83. The molecule has 0 spiro atoms. The lowest BCUT2D eigenvalue weighted by Crippen LogP contribution is -2.17. The molecule has 0 aliphatic rings. The van der Waals surface area contributed by atoms with Gasteiger partial charge in [-0.25, -0.2) is 0 Å². The third-order valence-corrected chi connectivity index (χ3v) is 2.62. The van der Waals surface area contributed by atoms with E-state index in [1.54, 1.807) is 7.11 Å². The van der Waals surface area contributed by atoms with Gasteiger partial charge in [0.15, 0.2) is 0 Å². The van der Waals surface area contributed by atoms with Gasteiger partial charge in [-0.2, -0.15) is 0 Å². The van der Waals surface area contributed by atoms with E-state index in [0.717, 1.165) is 15.7 Å². The first-order chi connectivity index (χ1) is 6.13. The predicted molar refractivity (Wildman–Crippen MR) is 63.1 cm³/mol. The van der Waals surface area contributed by atoms with Gasteiger partial charge in [0.25, 0.3) is 0 Å². The SMILES string of the molecule is COc1ccc(CC(C)N)cc1I. The summed E-state index contributed by atoms with van der Waals surface area (Å²) in [6.45, 7) is 2.01. The van der Waals surface area contributed by atoms with Crippen molar-refractivity contribution >= 4 is 22.6 Å². The summed E-state index contributed by atoms with van der Waals surface area (Å²) in [5, 5.41) is 0. The molecule has 2 nitrogen and oxygen atoms in total. The molecule has 1 aromatic rings. The number of halogens is 1. The lowest BCUT2D eigenvalue weighted by atomic mass is 10.1. The number of rotatable bonds is 3. The quantitative estimate of drug-likeness (QED) is 0.866. The van der Waals surface area contributed by atoms with Crippen LogP contribution in [0.3, 0.4) is 0 Å². The molecule has 0 aliphatic carbocycles. The number of hydrogen-bond acceptors (Lipinski definition) is 2. The summed E-state index contributed by atoms with van der Waals surface area (Å²) in [4.78, 5) is 0. The van der Waals surface area contributed by atoms with Gasteiger partial charge in [-0.3, -0.25) is 0 Å². The van der Waals surface area contributed by atoms with Crippen LogP contribution in [-0.2, 0) is 6.42 Å². The van der Waals surface area contributed by atoms with Gasteiger partial charge in [-0.05, 0) is 53.6 Å². The van der Waals surface area contributed by atoms with Crippen molar-refractivity contribution in [2.45, 2.75) is 19.4 Å². The number of ether oxygens (including phenoxy) is 1. The molecule has 0 radical (unpaired) electrons. The fourth-order valence-electron chi connectivity index (χ4n) is 1.21. The fourth-order valence-corrected chi connectivity index (χ4v) is 2.01. The van der Waals surface area contributed by atoms with E-state index in [0.29, 0.717) is 0 Å². The molecular weight excluding hydrogens is 277 g/mol. The number of methoxy groups -OCH3 is 1. The van der Waals surface area contributed by atoms with Crippen LogP contribution in [-0.4, -0.2) is 13.2 Å². The maximum Gasteiger partial charge on any atom is 0.132 e. The molecule has 1 atom stereocenters. The van der Waals surface area contributed by atoms with E-state index in [4.69, 9.17) is 10.5 Å². The average molecular weight is 291 g/mol. The molecule has 0 saturated heterocycles. The van der Waals surface area contributed by atoms with Crippen molar-refractivity contribution < 1.29 is 4.74 Å². The molecule has 72 valence electrons. The van der Waals surface area contributed by atoms with Crippen molar-refractivity contribution in [3.63, 3.8) is 0 Å². The second kappa shape index (κ2) is 4.81. The summed E-state index contributed by atoms with van der Waals surface area (Å²) in [5.41, 5.74) is 6.98. The molecule has 0 heterocycles. The molecular formula is C10H14INO. The summed E-state index contributed by atoms with van der Waals surface area (Å²) in [6, 6.07) is 6.37. The highest BCUT2D eigenvalue weighted by Crippen LogP contribution is 2.21. The van der Waals surface area contributed by atoms with Crippen LogP contribution in [0.4, 0.5) is 0 Å². The van der Waals surface area contributed by atoms with Crippen molar-refractivity contribution in [2.24, 2.45) is 5.73 Å². The zero-order chi connectivity index (χ0) is 9.84. The van der Waals surface area contributed by atoms with E-state index in [2.05, 4.69) is 34.7 Å². The minimum atomic E-state index is 0.212. The molecule has 1 rings (SSSR count). The zero-order valence-electron chi connectivity index (χ0n) is 7.88. The molecule has 0 fully saturated rings. The Morgan fingerprint density at radius 2 is 2.23 bits per heavy atom. The fraction of sp³-hybridized carbons (Fsp3) is 0.400. The Labute approximate surface area is 92.6 Å². The molecule has 1 unspecified atom stereocenters. The van der Waals surface area contributed by atoms with Crippen molar-refractivity contribution in [1.82, 2.24) is 0 Å². The molecule has 2 N–H and O–H groups in total. The Morgan fingerprint density at radius 3 is 2.69 bits per heavy atom. The minimum absolute atomic E-state index is 0.212. The molecule has 13 heavy (non-hydrogen) atoms. The van der Waals surface area contributed by atoms with Crippen LogP contribution in [0.5, 0.6) is 5.75 Å². The van der Waals surface area contributed by atoms with E-state index < -0.39 is 0 Å². The van der Waals surface area contributed by atoms with Crippen LogP contribution >= 0.6 is 22.6 Å². The van der Waals surface area contributed by atoms with E-state index in [1.807, 2.05) is 13.0 Å². The number of hydrogen-bond donors (Lipinski definition) is 1. The average Bonchev–Trinajstić information content (AvgIpc) is 2.03. The standard InChI is InChI=1S/C10H14INO/c1-7(12)5-8-3-4-10(13-2)9(11)6-8/h3-4,6-7H,5,12H2,1-2H3. The van der Waals surface area contributed by atoms with Gasteiger partial charge in [0.05, 0.1) is 10.7 Å². The van der Waals surface area contributed by atoms with Crippen LogP contribution in [0.25, 0.3) is 0 Å². The second-order valence-electron chi connectivity index (χ2n) is 3.15. The maximum atomic E-state index is 5.71. The maximum absolute atomic E-state index is 5.71. The van der Waals surface area contributed by atoms with Crippen molar-refractivity contribution in [1.29, 1.82) is 0 Å². The van der Waals surface area contributed by atoms with Gasteiger partial charge >= 0.3 is 0 Å². The number of benzene rings is 1. The lowest BCUT2D eigenvalue weighted by Gasteiger charge is -2.08. The summed E-state index contributed by atoms with van der Waals surface area (Å²) >= 11 is 2.27. The van der Waals surface area contributed by atoms with Crippen molar-refractivity contribution in [3.8, 4) is 5.75 Å². The van der Waals surface area contributed by atoms with Crippen LogP contribution in [0.1, 0.15) is 12.5 Å². The summed E-state index contributed by atoms with van der Waals surface area (Å²) in [5.74, 6) is 0.925. The van der Waals surface area contributed by atoms with Crippen molar-refractivity contribution in [3.05, 3.63) is 27.3 Å². The van der Waals surface area contributed by atoms with E-state index in [9.17, 15) is 0 Å². The Morgan fingerprint density at radius 1 is 1.54 bits per heavy atom. The van der Waals surface area contributed by atoms with Crippen molar-refractivity contribution in [2.75, 3.05) is 7.11 Å². The third kappa shape index (κ3) is 3.15. The second-order valence-corrected chi connectivity index (χ2v) is 4.31. The normalized spacial score (nSPS) is 12.6. The van der Waals surface area contributed by atoms with E-state index in [1.165, 1.54) is 5.56 Å². The summed E-state index contributed by atoms with van der Waals surface area (Å²) in [7, 11) is 1.68. The minimum Gasteiger partial charge on any atom is -0.496 e. The molecule has 0 saturated carbocycles. The van der Waals surface area contributed by atoms with E-state index >= 15 is 0 Å². The molecule has 1 aromatic carbocycles. The first kappa shape index (κ1) is 10.8. The van der Waals surface area contributed by atoms with Gasteiger partial charge in [0.1, 0.15) is 5.75 Å². The number of nitrogens with two attached hydrogens (primary N) is 1. The highest BCUT2D eigenvalue weighted by atomic mass is 127. The van der Waals surface area contributed by atoms with Crippen LogP contribution < -0.4 is 10.5 Å². The van der Waals surface area contributed by atoms with Gasteiger partial charge in [-0.1, -0.05) is 6.07 Å². The molecule has 0 aromatic heterocycles. The molecule has 0 bridgehead atoms. The van der Waals surface area contributed by atoms with Gasteiger partial charge in [0.2, 0.25) is 0 Å². The van der Waals surface area contributed by atoms with Gasteiger partial charge in [-0.15, -0.1) is 0 Å². The van der Waals surface area contributed by atoms with E-state index in [-0.39, 0.29) is 6.04 Å². The van der Waals surface area contributed by atoms with Crippen LogP contribution in [0.2, 0.25) is 0 Å². The molecule has 0 aliphatic heterocycles. The summed E-state index contributed by atoms with van der Waals surface area (Å²) < 4.78 is 6.30. The predicted octanol–water partition coefficient (Wildman–Crippen LogP) is 2.19. The first-order valence-corrected chi connectivity index (χ1v) is 5.29. The Hall–Kier alpha value is -0.290. The zero-order valence-corrected chi connectivity index (χ0v) is 10.0. The van der Waals surface area contributed by atoms with Gasteiger partial charge in [0, 0.05) is 6.04 Å². The highest BCUT2D eigenvalue weighted by molar-refractivity contribution is 14.1. The molecule has 0 amide bonds. The summed E-state index contributed by atoms with van der Waals surface area (Å²) in [6.07, 6.45) is 0.917. The highest BCUT2D eigenvalue weighted by Gasteiger charge is 2.02.